The quantitative estimate of drug-likeness (QED) is 0.893. The highest BCUT2D eigenvalue weighted by molar-refractivity contribution is 9.11. The molecule has 2 unspecified atom stereocenters. The second-order valence-electron chi connectivity index (χ2n) is 4.17. The van der Waals surface area contributed by atoms with Crippen molar-refractivity contribution in [3.8, 4) is 0 Å². The molecule has 0 aromatic carbocycles. The molecule has 1 heterocycles. The lowest BCUT2D eigenvalue weighted by molar-refractivity contribution is 0.177. The van der Waals surface area contributed by atoms with Crippen molar-refractivity contribution < 1.29 is 5.11 Å². The van der Waals surface area contributed by atoms with Crippen LogP contribution in [0.5, 0.6) is 0 Å². The van der Waals surface area contributed by atoms with E-state index in [2.05, 4.69) is 33.4 Å². The molecule has 1 fully saturated rings. The van der Waals surface area contributed by atoms with E-state index in [9.17, 15) is 5.11 Å². The summed E-state index contributed by atoms with van der Waals surface area (Å²) in [5.41, 5.74) is 0. The highest BCUT2D eigenvalue weighted by Gasteiger charge is 2.21. The Kier molecular flexibility index (Phi) is 4.20. The molecule has 0 amide bonds. The summed E-state index contributed by atoms with van der Waals surface area (Å²) in [5.74, 6) is 0.670. The van der Waals surface area contributed by atoms with Gasteiger partial charge in [0.25, 0.3) is 0 Å². The summed E-state index contributed by atoms with van der Waals surface area (Å²) in [6.07, 6.45) is 3.08. The smallest absolute Gasteiger partial charge is 0.0701 e. The largest absolute Gasteiger partial charge is 0.393 e. The van der Waals surface area contributed by atoms with Gasteiger partial charge in [0.05, 0.1) is 9.89 Å². The molecule has 2 N–H and O–H groups in total. The Labute approximate surface area is 103 Å². The number of aliphatic hydroxyl groups excluding tert-OH is 1. The fourth-order valence-corrected chi connectivity index (χ4v) is 3.53. The standard InChI is InChI=1S/C11H16BrNOS/c12-11-4-3-10(15-11)7-13-6-8-1-2-9(14)5-8/h3-4,8-9,13-14H,1-2,5-7H2. The summed E-state index contributed by atoms with van der Waals surface area (Å²) in [5, 5.41) is 12.8. The average Bonchev–Trinajstić information content (AvgIpc) is 2.76. The fraction of sp³-hybridized carbons (Fsp3) is 0.636. The van der Waals surface area contributed by atoms with Gasteiger partial charge in [-0.2, -0.15) is 0 Å². The number of hydrogen-bond acceptors (Lipinski definition) is 3. The summed E-state index contributed by atoms with van der Waals surface area (Å²) in [6, 6.07) is 4.23. The van der Waals surface area contributed by atoms with Gasteiger partial charge in [-0.05, 0) is 59.8 Å². The number of nitrogens with one attached hydrogen (secondary N) is 1. The van der Waals surface area contributed by atoms with Crippen LogP contribution in [-0.2, 0) is 6.54 Å². The summed E-state index contributed by atoms with van der Waals surface area (Å²) in [7, 11) is 0. The highest BCUT2D eigenvalue weighted by atomic mass is 79.9. The minimum atomic E-state index is -0.0484. The van der Waals surface area contributed by atoms with Gasteiger partial charge >= 0.3 is 0 Å². The molecule has 2 nitrogen and oxygen atoms in total. The Bertz CT molecular complexity index is 315. The monoisotopic (exact) mass is 289 g/mol. The molecule has 15 heavy (non-hydrogen) atoms. The number of thiophene rings is 1. The molecule has 0 radical (unpaired) electrons. The Hall–Kier alpha value is 0.1000. The summed E-state index contributed by atoms with van der Waals surface area (Å²) < 4.78 is 1.19. The lowest BCUT2D eigenvalue weighted by Gasteiger charge is -2.09. The lowest BCUT2D eigenvalue weighted by Crippen LogP contribution is -2.20. The van der Waals surface area contributed by atoms with E-state index in [-0.39, 0.29) is 6.10 Å². The van der Waals surface area contributed by atoms with Crippen molar-refractivity contribution >= 4 is 27.3 Å². The van der Waals surface area contributed by atoms with E-state index in [1.165, 1.54) is 15.1 Å². The maximum absolute atomic E-state index is 9.39. The maximum atomic E-state index is 9.39. The first-order valence-electron chi connectivity index (χ1n) is 5.37. The van der Waals surface area contributed by atoms with Crippen molar-refractivity contribution in [2.75, 3.05) is 6.54 Å². The first kappa shape index (κ1) is 11.6. The van der Waals surface area contributed by atoms with Crippen LogP contribution in [0.4, 0.5) is 0 Å². The normalized spacial score (nSPS) is 26.0. The van der Waals surface area contributed by atoms with Crippen molar-refractivity contribution in [2.24, 2.45) is 5.92 Å². The van der Waals surface area contributed by atoms with Crippen LogP contribution >= 0.6 is 27.3 Å². The molecule has 4 heteroatoms. The molecule has 2 atom stereocenters. The van der Waals surface area contributed by atoms with E-state index in [4.69, 9.17) is 0 Å². The van der Waals surface area contributed by atoms with Crippen molar-refractivity contribution in [3.63, 3.8) is 0 Å². The third-order valence-electron chi connectivity index (χ3n) is 2.87. The van der Waals surface area contributed by atoms with Crippen LogP contribution in [0.1, 0.15) is 24.1 Å². The van der Waals surface area contributed by atoms with E-state index in [1.807, 2.05) is 0 Å². The van der Waals surface area contributed by atoms with Gasteiger partial charge in [-0.1, -0.05) is 0 Å². The Balaban J connectivity index is 1.67. The van der Waals surface area contributed by atoms with Gasteiger partial charge in [-0.3, -0.25) is 0 Å². The summed E-state index contributed by atoms with van der Waals surface area (Å²) in [4.78, 5) is 1.36. The number of aliphatic hydroxyl groups is 1. The van der Waals surface area contributed by atoms with Crippen LogP contribution < -0.4 is 5.32 Å². The molecule has 84 valence electrons. The molecule has 0 aliphatic heterocycles. The molecular weight excluding hydrogens is 274 g/mol. The lowest BCUT2D eigenvalue weighted by atomic mass is 10.1. The maximum Gasteiger partial charge on any atom is 0.0701 e. The highest BCUT2D eigenvalue weighted by Crippen LogP contribution is 2.25. The molecule has 0 bridgehead atoms. The Morgan fingerprint density at radius 2 is 2.33 bits per heavy atom. The van der Waals surface area contributed by atoms with Crippen LogP contribution in [0.25, 0.3) is 0 Å². The van der Waals surface area contributed by atoms with E-state index in [0.717, 1.165) is 25.9 Å². The topological polar surface area (TPSA) is 32.3 Å². The van der Waals surface area contributed by atoms with E-state index in [1.54, 1.807) is 11.3 Å². The SMILES string of the molecule is OC1CCC(CNCc2ccc(Br)s2)C1. The van der Waals surface area contributed by atoms with E-state index in [0.29, 0.717) is 5.92 Å². The van der Waals surface area contributed by atoms with Crippen molar-refractivity contribution in [2.45, 2.75) is 31.9 Å². The molecule has 2 rings (SSSR count). The third-order valence-corrected chi connectivity index (χ3v) is 4.50. The van der Waals surface area contributed by atoms with Crippen LogP contribution in [0.15, 0.2) is 15.9 Å². The summed E-state index contributed by atoms with van der Waals surface area (Å²) >= 11 is 5.23. The summed E-state index contributed by atoms with van der Waals surface area (Å²) in [6.45, 7) is 1.98. The van der Waals surface area contributed by atoms with Gasteiger partial charge < -0.3 is 10.4 Å². The average molecular weight is 290 g/mol. The van der Waals surface area contributed by atoms with Gasteiger partial charge in [0.2, 0.25) is 0 Å². The predicted octanol–water partition coefficient (Wildman–Crippen LogP) is 2.76. The van der Waals surface area contributed by atoms with Crippen molar-refractivity contribution in [1.82, 2.24) is 5.32 Å². The first-order chi connectivity index (χ1) is 7.24. The van der Waals surface area contributed by atoms with Crippen LogP contribution in [0, 0.1) is 5.92 Å². The van der Waals surface area contributed by atoms with Crippen molar-refractivity contribution in [3.05, 3.63) is 20.8 Å². The van der Waals surface area contributed by atoms with E-state index >= 15 is 0 Å². The molecule has 0 spiro atoms. The van der Waals surface area contributed by atoms with Gasteiger partial charge in [0.15, 0.2) is 0 Å². The van der Waals surface area contributed by atoms with E-state index < -0.39 is 0 Å². The number of halogens is 1. The number of hydrogen-bond donors (Lipinski definition) is 2. The van der Waals surface area contributed by atoms with Gasteiger partial charge in [-0.25, -0.2) is 0 Å². The molecule has 1 aromatic rings. The minimum absolute atomic E-state index is 0.0484. The predicted molar refractivity (Wildman–Crippen MR) is 67.1 cm³/mol. The number of rotatable bonds is 4. The molecule has 1 aliphatic rings. The first-order valence-corrected chi connectivity index (χ1v) is 6.98. The van der Waals surface area contributed by atoms with Crippen molar-refractivity contribution in [1.29, 1.82) is 0 Å². The zero-order valence-corrected chi connectivity index (χ0v) is 11.0. The van der Waals surface area contributed by atoms with Crippen LogP contribution in [0.2, 0.25) is 0 Å². The minimum Gasteiger partial charge on any atom is -0.393 e. The Morgan fingerprint density at radius 3 is 2.93 bits per heavy atom. The van der Waals surface area contributed by atoms with Crippen LogP contribution in [-0.4, -0.2) is 17.8 Å². The second kappa shape index (κ2) is 5.43. The zero-order chi connectivity index (χ0) is 10.7. The third kappa shape index (κ3) is 3.55. The van der Waals surface area contributed by atoms with Gasteiger partial charge in [-0.15, -0.1) is 11.3 Å². The Morgan fingerprint density at radius 1 is 1.47 bits per heavy atom. The second-order valence-corrected chi connectivity index (χ2v) is 6.72. The zero-order valence-electron chi connectivity index (χ0n) is 8.58. The van der Waals surface area contributed by atoms with Gasteiger partial charge in [0, 0.05) is 11.4 Å². The molecule has 1 aliphatic carbocycles. The molecule has 0 saturated heterocycles. The van der Waals surface area contributed by atoms with Crippen LogP contribution in [0.3, 0.4) is 0 Å². The van der Waals surface area contributed by atoms with Gasteiger partial charge in [0.1, 0.15) is 0 Å². The molecule has 1 saturated carbocycles. The molecular formula is C11H16BrNOS. The molecule has 1 aromatic heterocycles. The fourth-order valence-electron chi connectivity index (χ4n) is 2.08.